The summed E-state index contributed by atoms with van der Waals surface area (Å²) in [6.45, 7) is 10.1. The zero-order chi connectivity index (χ0) is 13.1. The lowest BCUT2D eigenvalue weighted by molar-refractivity contribution is -0.150. The van der Waals surface area contributed by atoms with Crippen LogP contribution in [0, 0.1) is 17.3 Å². The standard InChI is InChI=1S/C15H20O3/c1-8-4-5-11(16)15(3)7-6-10-9(2)14(17)18-13(10)12(8)15/h10-13,16H,1-2,4-7H2,3H3/t10-,11-,12-,13-,15-/m0/s1. The fourth-order valence-electron chi connectivity index (χ4n) is 4.15. The van der Waals surface area contributed by atoms with Gasteiger partial charge in [-0.15, -0.1) is 0 Å². The van der Waals surface area contributed by atoms with Gasteiger partial charge < -0.3 is 9.84 Å². The molecule has 0 unspecified atom stereocenters. The Morgan fingerprint density at radius 3 is 2.83 bits per heavy atom. The van der Waals surface area contributed by atoms with Crippen LogP contribution in [0.3, 0.4) is 0 Å². The topological polar surface area (TPSA) is 46.5 Å². The molecule has 0 aromatic rings. The van der Waals surface area contributed by atoms with E-state index >= 15 is 0 Å². The van der Waals surface area contributed by atoms with Crippen LogP contribution in [0.1, 0.15) is 32.6 Å². The summed E-state index contributed by atoms with van der Waals surface area (Å²) in [6, 6.07) is 0. The predicted octanol–water partition coefficient (Wildman–Crippen LogP) is 2.21. The van der Waals surface area contributed by atoms with Gasteiger partial charge in [0.05, 0.1) is 6.10 Å². The molecule has 3 fully saturated rings. The summed E-state index contributed by atoms with van der Waals surface area (Å²) in [6.07, 6.45) is 2.93. The van der Waals surface area contributed by atoms with Gasteiger partial charge in [-0.05, 0) is 25.7 Å². The molecule has 0 amide bonds. The van der Waals surface area contributed by atoms with E-state index in [0.717, 1.165) is 31.3 Å². The van der Waals surface area contributed by atoms with Crippen LogP contribution in [0.15, 0.2) is 24.3 Å². The molecule has 0 bridgehead atoms. The van der Waals surface area contributed by atoms with Crippen molar-refractivity contribution in [2.75, 3.05) is 0 Å². The number of carbonyl (C=O) groups excluding carboxylic acids is 1. The molecule has 3 heteroatoms. The Bertz CT molecular complexity index is 439. The first kappa shape index (κ1) is 12.0. The summed E-state index contributed by atoms with van der Waals surface area (Å²) in [7, 11) is 0. The number of fused-ring (bicyclic) bond motifs is 3. The monoisotopic (exact) mass is 248 g/mol. The highest BCUT2D eigenvalue weighted by atomic mass is 16.6. The smallest absolute Gasteiger partial charge is 0.334 e. The highest BCUT2D eigenvalue weighted by molar-refractivity contribution is 5.91. The first-order valence-corrected chi connectivity index (χ1v) is 6.70. The van der Waals surface area contributed by atoms with E-state index in [1.165, 1.54) is 0 Å². The summed E-state index contributed by atoms with van der Waals surface area (Å²) in [5.41, 5.74) is 1.54. The molecular formula is C15H20O3. The Morgan fingerprint density at radius 2 is 2.11 bits per heavy atom. The Kier molecular flexibility index (Phi) is 2.46. The van der Waals surface area contributed by atoms with Crippen molar-refractivity contribution in [1.29, 1.82) is 0 Å². The van der Waals surface area contributed by atoms with E-state index in [2.05, 4.69) is 20.1 Å². The molecular weight excluding hydrogens is 228 g/mol. The molecule has 0 spiro atoms. The Hall–Kier alpha value is -1.09. The first-order valence-electron chi connectivity index (χ1n) is 6.70. The lowest BCUT2D eigenvalue weighted by atomic mass is 9.54. The Balaban J connectivity index is 2.00. The van der Waals surface area contributed by atoms with Gasteiger partial charge in [0.25, 0.3) is 0 Å². The normalized spacial score (nSPS) is 47.6. The van der Waals surface area contributed by atoms with Crippen molar-refractivity contribution in [1.82, 2.24) is 0 Å². The number of hydrogen-bond acceptors (Lipinski definition) is 3. The summed E-state index contributed by atoms with van der Waals surface area (Å²) in [5, 5.41) is 10.3. The maximum atomic E-state index is 11.7. The first-order chi connectivity index (χ1) is 8.45. The maximum absolute atomic E-state index is 11.7. The molecule has 18 heavy (non-hydrogen) atoms. The van der Waals surface area contributed by atoms with Crippen molar-refractivity contribution >= 4 is 5.97 Å². The zero-order valence-corrected chi connectivity index (χ0v) is 10.8. The van der Waals surface area contributed by atoms with E-state index in [0.29, 0.717) is 5.57 Å². The van der Waals surface area contributed by atoms with E-state index in [-0.39, 0.29) is 35.4 Å². The van der Waals surface area contributed by atoms with Crippen LogP contribution in [0.4, 0.5) is 0 Å². The highest BCUT2D eigenvalue weighted by Crippen LogP contribution is 2.57. The molecule has 5 atom stereocenters. The van der Waals surface area contributed by atoms with Crippen LogP contribution >= 0.6 is 0 Å². The maximum Gasteiger partial charge on any atom is 0.334 e. The predicted molar refractivity (Wildman–Crippen MR) is 67.7 cm³/mol. The Morgan fingerprint density at radius 1 is 1.39 bits per heavy atom. The van der Waals surface area contributed by atoms with Gasteiger partial charge in [0.2, 0.25) is 0 Å². The average Bonchev–Trinajstić information content (AvgIpc) is 2.60. The molecule has 1 saturated heterocycles. The minimum atomic E-state index is -0.318. The van der Waals surface area contributed by atoms with E-state index in [1.54, 1.807) is 0 Å². The van der Waals surface area contributed by atoms with Crippen LogP contribution in [-0.4, -0.2) is 23.3 Å². The molecule has 1 aliphatic heterocycles. The van der Waals surface area contributed by atoms with Crippen molar-refractivity contribution in [3.8, 4) is 0 Å². The van der Waals surface area contributed by atoms with Gasteiger partial charge in [0.15, 0.2) is 0 Å². The molecule has 3 rings (SSSR count). The van der Waals surface area contributed by atoms with Crippen molar-refractivity contribution < 1.29 is 14.6 Å². The molecule has 2 saturated carbocycles. The fraction of sp³-hybridized carbons (Fsp3) is 0.667. The molecule has 3 nitrogen and oxygen atoms in total. The van der Waals surface area contributed by atoms with Gasteiger partial charge in [-0.3, -0.25) is 0 Å². The second-order valence-electron chi connectivity index (χ2n) is 6.24. The minimum Gasteiger partial charge on any atom is -0.458 e. The second-order valence-corrected chi connectivity index (χ2v) is 6.24. The van der Waals surface area contributed by atoms with Crippen LogP contribution in [0.5, 0.6) is 0 Å². The fourth-order valence-corrected chi connectivity index (χ4v) is 4.15. The van der Waals surface area contributed by atoms with Crippen molar-refractivity contribution in [2.45, 2.75) is 44.8 Å². The molecule has 98 valence electrons. The molecule has 2 aliphatic carbocycles. The Labute approximate surface area is 108 Å². The van der Waals surface area contributed by atoms with E-state index in [4.69, 9.17) is 4.74 Å². The van der Waals surface area contributed by atoms with Crippen molar-refractivity contribution in [3.05, 3.63) is 24.3 Å². The van der Waals surface area contributed by atoms with Gasteiger partial charge in [0.1, 0.15) is 6.10 Å². The number of carbonyl (C=O) groups is 1. The average molecular weight is 248 g/mol. The summed E-state index contributed by atoms with van der Waals surface area (Å²) in [4.78, 5) is 11.7. The van der Waals surface area contributed by atoms with Gasteiger partial charge in [-0.25, -0.2) is 4.79 Å². The third kappa shape index (κ3) is 1.37. The zero-order valence-electron chi connectivity index (χ0n) is 10.8. The molecule has 1 heterocycles. The van der Waals surface area contributed by atoms with E-state index in [1.807, 2.05) is 0 Å². The number of aliphatic hydroxyl groups is 1. The van der Waals surface area contributed by atoms with Crippen LogP contribution in [-0.2, 0) is 9.53 Å². The molecule has 0 aromatic carbocycles. The van der Waals surface area contributed by atoms with Crippen LogP contribution in [0.25, 0.3) is 0 Å². The van der Waals surface area contributed by atoms with E-state index in [9.17, 15) is 9.90 Å². The number of rotatable bonds is 0. The minimum absolute atomic E-state index is 0.0863. The SMILES string of the molecule is C=C1C(=O)O[C@H]2[C@H]1CC[C@@]1(C)[C@@H](O)CCC(=C)[C@@H]21. The van der Waals surface area contributed by atoms with Crippen molar-refractivity contribution in [2.24, 2.45) is 17.3 Å². The number of hydrogen-bond donors (Lipinski definition) is 1. The molecule has 0 aromatic heterocycles. The lowest BCUT2D eigenvalue weighted by Crippen LogP contribution is -2.53. The number of esters is 1. The third-order valence-electron chi connectivity index (χ3n) is 5.32. The third-order valence-corrected chi connectivity index (χ3v) is 5.32. The highest BCUT2D eigenvalue weighted by Gasteiger charge is 2.57. The van der Waals surface area contributed by atoms with E-state index < -0.39 is 0 Å². The molecule has 1 N–H and O–H groups in total. The summed E-state index contributed by atoms with van der Waals surface area (Å²) >= 11 is 0. The van der Waals surface area contributed by atoms with Gasteiger partial charge in [0, 0.05) is 22.8 Å². The van der Waals surface area contributed by atoms with Crippen LogP contribution < -0.4 is 0 Å². The number of ether oxygens (including phenoxy) is 1. The van der Waals surface area contributed by atoms with Gasteiger partial charge >= 0.3 is 5.97 Å². The second kappa shape index (κ2) is 3.70. The largest absolute Gasteiger partial charge is 0.458 e. The molecule has 0 radical (unpaired) electrons. The quantitative estimate of drug-likeness (QED) is 0.406. The van der Waals surface area contributed by atoms with Crippen LogP contribution in [0.2, 0.25) is 0 Å². The van der Waals surface area contributed by atoms with Crippen molar-refractivity contribution in [3.63, 3.8) is 0 Å². The van der Waals surface area contributed by atoms with Gasteiger partial charge in [-0.2, -0.15) is 0 Å². The summed E-state index contributed by atoms with van der Waals surface area (Å²) in [5.74, 6) is -0.0528. The summed E-state index contributed by atoms with van der Waals surface area (Å²) < 4.78 is 5.52. The number of aliphatic hydroxyl groups excluding tert-OH is 1. The molecule has 3 aliphatic rings. The van der Waals surface area contributed by atoms with Gasteiger partial charge in [-0.1, -0.05) is 25.7 Å². The lowest BCUT2D eigenvalue weighted by Gasteiger charge is -2.52.